The number of Topliss-reactive ketones (excluding diaryl/α,β-unsaturated/α-hetero) is 1. The number of fused-ring (bicyclic) bond motifs is 1. The van der Waals surface area contributed by atoms with Crippen LogP contribution >= 0.6 is 0 Å². The number of nitrogens with one attached hydrogen (secondary N) is 1. The second-order valence-corrected chi connectivity index (χ2v) is 6.85. The number of nitriles is 1. The molecule has 0 aliphatic carbocycles. The molecule has 3 aromatic carbocycles. The summed E-state index contributed by atoms with van der Waals surface area (Å²) in [4.78, 5) is 26.2. The van der Waals surface area contributed by atoms with E-state index < -0.39 is 11.8 Å². The van der Waals surface area contributed by atoms with E-state index >= 15 is 0 Å². The van der Waals surface area contributed by atoms with Crippen LogP contribution in [0.2, 0.25) is 0 Å². The number of carbonyl (C=O) groups is 2. The lowest BCUT2D eigenvalue weighted by atomic mass is 9.90. The first-order valence-corrected chi connectivity index (χ1v) is 9.43. The molecule has 1 heterocycles. The van der Waals surface area contributed by atoms with Crippen LogP contribution in [-0.4, -0.2) is 18.5 Å². The van der Waals surface area contributed by atoms with E-state index in [1.807, 2.05) is 6.07 Å². The molecule has 1 N–H and O–H groups in total. The van der Waals surface area contributed by atoms with Crippen LogP contribution in [0.4, 0.5) is 5.69 Å². The maximum atomic E-state index is 13.1. The van der Waals surface area contributed by atoms with Crippen molar-refractivity contribution in [1.82, 2.24) is 0 Å². The van der Waals surface area contributed by atoms with Gasteiger partial charge in [-0.05, 0) is 36.2 Å². The molecule has 0 spiro atoms. The van der Waals surface area contributed by atoms with Crippen molar-refractivity contribution in [2.45, 2.75) is 6.42 Å². The van der Waals surface area contributed by atoms with Crippen LogP contribution in [0.15, 0.2) is 72.8 Å². The van der Waals surface area contributed by atoms with Crippen molar-refractivity contribution in [2.24, 2.45) is 5.92 Å². The SMILES string of the molecule is N#Cc1ccc(CC(C(=O)Nc2ccc3c(c2)OCO3)C(=O)c2ccccc2)cc1. The number of amides is 1. The van der Waals surface area contributed by atoms with Gasteiger partial charge in [-0.2, -0.15) is 5.26 Å². The molecule has 4 rings (SSSR count). The molecular formula is C24H18N2O4. The van der Waals surface area contributed by atoms with Crippen LogP contribution in [0.1, 0.15) is 21.5 Å². The predicted molar refractivity (Wildman–Crippen MR) is 110 cm³/mol. The summed E-state index contributed by atoms with van der Waals surface area (Å²) in [5, 5.41) is 11.8. The van der Waals surface area contributed by atoms with Crippen molar-refractivity contribution < 1.29 is 19.1 Å². The molecule has 1 unspecified atom stereocenters. The quantitative estimate of drug-likeness (QED) is 0.501. The number of ether oxygens (including phenoxy) is 2. The molecular weight excluding hydrogens is 380 g/mol. The Hall–Kier alpha value is -4.11. The van der Waals surface area contributed by atoms with Gasteiger partial charge in [-0.1, -0.05) is 42.5 Å². The lowest BCUT2D eigenvalue weighted by molar-refractivity contribution is -0.118. The molecule has 30 heavy (non-hydrogen) atoms. The van der Waals surface area contributed by atoms with E-state index in [2.05, 4.69) is 11.4 Å². The van der Waals surface area contributed by atoms with Gasteiger partial charge in [0.05, 0.1) is 11.6 Å². The van der Waals surface area contributed by atoms with E-state index in [9.17, 15) is 9.59 Å². The second kappa shape index (κ2) is 8.50. The first-order chi connectivity index (χ1) is 14.6. The molecule has 148 valence electrons. The molecule has 0 aromatic heterocycles. The number of carbonyl (C=O) groups excluding carboxylic acids is 2. The Bertz CT molecular complexity index is 1120. The lowest BCUT2D eigenvalue weighted by Gasteiger charge is -2.16. The van der Waals surface area contributed by atoms with Crippen molar-refractivity contribution in [1.29, 1.82) is 5.26 Å². The zero-order chi connectivity index (χ0) is 20.9. The second-order valence-electron chi connectivity index (χ2n) is 6.85. The van der Waals surface area contributed by atoms with Crippen molar-refractivity contribution in [3.8, 4) is 17.6 Å². The van der Waals surface area contributed by atoms with Gasteiger partial charge in [0.1, 0.15) is 5.92 Å². The summed E-state index contributed by atoms with van der Waals surface area (Å²) in [5.41, 5.74) is 2.31. The van der Waals surface area contributed by atoms with Gasteiger partial charge in [0, 0.05) is 17.3 Å². The molecule has 0 bridgehead atoms. The molecule has 1 aliphatic heterocycles. The van der Waals surface area contributed by atoms with Crippen molar-refractivity contribution in [3.63, 3.8) is 0 Å². The van der Waals surface area contributed by atoms with Gasteiger partial charge in [0.2, 0.25) is 12.7 Å². The first kappa shape index (κ1) is 19.2. The lowest BCUT2D eigenvalue weighted by Crippen LogP contribution is -2.31. The smallest absolute Gasteiger partial charge is 0.235 e. The Morgan fingerprint density at radius 3 is 2.43 bits per heavy atom. The van der Waals surface area contributed by atoms with Crippen molar-refractivity contribution >= 4 is 17.4 Å². The van der Waals surface area contributed by atoms with Gasteiger partial charge < -0.3 is 14.8 Å². The van der Waals surface area contributed by atoms with E-state index in [1.54, 1.807) is 66.7 Å². The number of hydrogen-bond acceptors (Lipinski definition) is 5. The molecule has 6 nitrogen and oxygen atoms in total. The van der Waals surface area contributed by atoms with Crippen LogP contribution < -0.4 is 14.8 Å². The topological polar surface area (TPSA) is 88.4 Å². The van der Waals surface area contributed by atoms with Crippen LogP contribution in [0.5, 0.6) is 11.5 Å². The van der Waals surface area contributed by atoms with Gasteiger partial charge in [0.25, 0.3) is 0 Å². The Morgan fingerprint density at radius 1 is 0.967 bits per heavy atom. The van der Waals surface area contributed by atoms with E-state index in [4.69, 9.17) is 14.7 Å². The monoisotopic (exact) mass is 398 g/mol. The summed E-state index contributed by atoms with van der Waals surface area (Å²) in [7, 11) is 0. The van der Waals surface area contributed by atoms with E-state index in [-0.39, 0.29) is 19.0 Å². The highest BCUT2D eigenvalue weighted by molar-refractivity contribution is 6.13. The van der Waals surface area contributed by atoms with Crippen LogP contribution in [-0.2, 0) is 11.2 Å². The van der Waals surface area contributed by atoms with Crippen LogP contribution in [0.3, 0.4) is 0 Å². The minimum Gasteiger partial charge on any atom is -0.454 e. The van der Waals surface area contributed by atoms with Crippen molar-refractivity contribution in [3.05, 3.63) is 89.5 Å². The number of nitrogens with zero attached hydrogens (tertiary/aromatic N) is 1. The number of anilines is 1. The molecule has 3 aromatic rings. The minimum absolute atomic E-state index is 0.139. The summed E-state index contributed by atoms with van der Waals surface area (Å²) in [6, 6.07) is 22.8. The zero-order valence-electron chi connectivity index (χ0n) is 16.0. The predicted octanol–water partition coefficient (Wildman–Crippen LogP) is 3.97. The van der Waals surface area contributed by atoms with E-state index in [1.165, 1.54) is 0 Å². The molecule has 6 heteroatoms. The molecule has 0 radical (unpaired) electrons. The van der Waals surface area contributed by atoms with Gasteiger partial charge in [0.15, 0.2) is 17.3 Å². The van der Waals surface area contributed by atoms with E-state index in [0.29, 0.717) is 28.3 Å². The molecule has 0 saturated heterocycles. The maximum Gasteiger partial charge on any atom is 0.235 e. The van der Waals surface area contributed by atoms with Crippen LogP contribution in [0, 0.1) is 17.2 Å². The van der Waals surface area contributed by atoms with Gasteiger partial charge in [-0.15, -0.1) is 0 Å². The fourth-order valence-corrected chi connectivity index (χ4v) is 3.26. The normalized spacial score (nSPS) is 12.6. The van der Waals surface area contributed by atoms with E-state index in [0.717, 1.165) is 5.56 Å². The Labute approximate surface area is 173 Å². The third-order valence-electron chi connectivity index (χ3n) is 4.85. The highest BCUT2D eigenvalue weighted by Crippen LogP contribution is 2.34. The molecule has 1 amide bonds. The number of ketones is 1. The fraction of sp³-hybridized carbons (Fsp3) is 0.125. The van der Waals surface area contributed by atoms with Gasteiger partial charge in [-0.25, -0.2) is 0 Å². The molecule has 1 aliphatic rings. The fourth-order valence-electron chi connectivity index (χ4n) is 3.26. The minimum atomic E-state index is -0.925. The van der Waals surface area contributed by atoms with Gasteiger partial charge >= 0.3 is 0 Å². The average molecular weight is 398 g/mol. The third-order valence-corrected chi connectivity index (χ3v) is 4.85. The summed E-state index contributed by atoms with van der Waals surface area (Å²) >= 11 is 0. The third kappa shape index (κ3) is 4.15. The summed E-state index contributed by atoms with van der Waals surface area (Å²) in [6.07, 6.45) is 0.218. The average Bonchev–Trinajstić information content (AvgIpc) is 3.26. The highest BCUT2D eigenvalue weighted by Gasteiger charge is 2.28. The Kier molecular flexibility index (Phi) is 5.44. The first-order valence-electron chi connectivity index (χ1n) is 9.43. The zero-order valence-corrected chi connectivity index (χ0v) is 16.0. The Balaban J connectivity index is 1.59. The van der Waals surface area contributed by atoms with Crippen LogP contribution in [0.25, 0.3) is 0 Å². The number of rotatable bonds is 6. The maximum absolute atomic E-state index is 13.1. The summed E-state index contributed by atoms with van der Waals surface area (Å²) in [5.74, 6) is -0.440. The summed E-state index contributed by atoms with van der Waals surface area (Å²) < 4.78 is 10.6. The number of hydrogen-bond donors (Lipinski definition) is 1. The molecule has 1 atom stereocenters. The van der Waals surface area contributed by atoms with Gasteiger partial charge in [-0.3, -0.25) is 9.59 Å². The molecule has 0 fully saturated rings. The summed E-state index contributed by atoms with van der Waals surface area (Å²) in [6.45, 7) is 0.139. The molecule has 0 saturated carbocycles. The van der Waals surface area contributed by atoms with Crippen molar-refractivity contribution in [2.75, 3.05) is 12.1 Å². The standard InChI is InChI=1S/C24H18N2O4/c25-14-17-8-6-16(7-9-17)12-20(23(27)18-4-2-1-3-5-18)24(28)26-19-10-11-21-22(13-19)30-15-29-21/h1-11,13,20H,12,15H2,(H,26,28). The Morgan fingerprint density at radius 2 is 1.70 bits per heavy atom. The highest BCUT2D eigenvalue weighted by atomic mass is 16.7. The number of benzene rings is 3. The largest absolute Gasteiger partial charge is 0.454 e.